The van der Waals surface area contributed by atoms with Gasteiger partial charge in [-0.15, -0.1) is 11.3 Å². The molecule has 4 aromatic rings. The molecule has 0 spiro atoms. The molecular formula is C25H19F4N3O3S. The second-order valence-electron chi connectivity index (χ2n) is 7.65. The number of halogens is 4. The van der Waals surface area contributed by atoms with E-state index in [1.54, 1.807) is 29.6 Å². The lowest BCUT2D eigenvalue weighted by atomic mass is 10.1. The molecule has 0 aliphatic carbocycles. The van der Waals surface area contributed by atoms with E-state index >= 15 is 0 Å². The molecule has 6 nitrogen and oxygen atoms in total. The van der Waals surface area contributed by atoms with Crippen molar-refractivity contribution in [3.8, 4) is 16.3 Å². The molecule has 1 aromatic heterocycles. The van der Waals surface area contributed by atoms with Crippen molar-refractivity contribution >= 4 is 23.1 Å². The van der Waals surface area contributed by atoms with Gasteiger partial charge in [-0.1, -0.05) is 24.3 Å². The highest BCUT2D eigenvalue weighted by Gasteiger charge is 2.30. The molecule has 3 aromatic carbocycles. The fraction of sp³-hybridized carbons (Fsp3) is 0.120. The minimum Gasteiger partial charge on any atom is -0.487 e. The zero-order valence-corrected chi connectivity index (χ0v) is 19.3. The molecule has 186 valence electrons. The third-order valence-electron chi connectivity index (χ3n) is 4.98. The van der Waals surface area contributed by atoms with Crippen LogP contribution in [-0.2, 0) is 19.3 Å². The number of nitrogens with one attached hydrogen (secondary N) is 1. The second kappa shape index (κ2) is 10.8. The molecule has 11 heteroatoms. The molecule has 0 atom stereocenters. The number of urea groups is 1. The second-order valence-corrected chi connectivity index (χ2v) is 8.50. The van der Waals surface area contributed by atoms with Gasteiger partial charge in [0.15, 0.2) is 0 Å². The predicted molar refractivity (Wildman–Crippen MR) is 126 cm³/mol. The monoisotopic (exact) mass is 517 g/mol. The Hall–Kier alpha value is -3.96. The first-order valence-corrected chi connectivity index (χ1v) is 11.4. The molecule has 4 rings (SSSR count). The summed E-state index contributed by atoms with van der Waals surface area (Å²) < 4.78 is 56.9. The Kier molecular flexibility index (Phi) is 7.51. The minimum absolute atomic E-state index is 0.0874. The SMILES string of the molecule is O=C(Nc1ccc(F)cc1)N(O)Cc1ccc(OCc2csc(-c3ccc(C(F)(F)F)cc3)n2)cc1. The third kappa shape index (κ3) is 6.58. The third-order valence-corrected chi connectivity index (χ3v) is 5.92. The summed E-state index contributed by atoms with van der Waals surface area (Å²) in [7, 11) is 0. The van der Waals surface area contributed by atoms with Gasteiger partial charge in [-0.25, -0.2) is 19.2 Å². The number of thiazole rings is 1. The lowest BCUT2D eigenvalue weighted by molar-refractivity contribution is -0.137. The Morgan fingerprint density at radius 2 is 1.67 bits per heavy atom. The van der Waals surface area contributed by atoms with Crippen LogP contribution < -0.4 is 10.1 Å². The van der Waals surface area contributed by atoms with Crippen LogP contribution in [0.1, 0.15) is 16.8 Å². The normalized spacial score (nSPS) is 11.2. The van der Waals surface area contributed by atoms with Crippen molar-refractivity contribution in [2.24, 2.45) is 0 Å². The fourth-order valence-corrected chi connectivity index (χ4v) is 3.93. The number of anilines is 1. The quantitative estimate of drug-likeness (QED) is 0.158. The van der Waals surface area contributed by atoms with Crippen LogP contribution in [0.25, 0.3) is 10.6 Å². The van der Waals surface area contributed by atoms with Crippen molar-refractivity contribution in [3.63, 3.8) is 0 Å². The van der Waals surface area contributed by atoms with Crippen LogP contribution in [0.15, 0.2) is 78.2 Å². The van der Waals surface area contributed by atoms with Gasteiger partial charge in [-0.3, -0.25) is 5.21 Å². The fourth-order valence-electron chi connectivity index (χ4n) is 3.12. The number of hydroxylamine groups is 2. The van der Waals surface area contributed by atoms with E-state index in [9.17, 15) is 27.6 Å². The van der Waals surface area contributed by atoms with Crippen LogP contribution >= 0.6 is 11.3 Å². The van der Waals surface area contributed by atoms with Crippen molar-refractivity contribution in [1.82, 2.24) is 10.0 Å². The average Bonchev–Trinajstić information content (AvgIpc) is 3.34. The molecule has 0 saturated carbocycles. The topological polar surface area (TPSA) is 74.7 Å². The standard InChI is InChI=1S/C25H19F4N3O3S/c26-19-7-9-20(10-8-19)31-24(33)32(34)13-16-1-11-22(12-2-16)35-14-21-15-36-23(30-21)17-3-5-18(6-4-17)25(27,28)29/h1-12,15,34H,13-14H2,(H,31,33). The molecule has 0 fully saturated rings. The lowest BCUT2D eigenvalue weighted by Gasteiger charge is -2.16. The number of ether oxygens (including phenoxy) is 1. The maximum atomic E-state index is 13.0. The van der Waals surface area contributed by atoms with Gasteiger partial charge in [-0.05, 0) is 54.1 Å². The molecule has 2 N–H and O–H groups in total. The van der Waals surface area contributed by atoms with E-state index in [-0.39, 0.29) is 13.2 Å². The Morgan fingerprint density at radius 3 is 2.31 bits per heavy atom. The Bertz CT molecular complexity index is 1310. The van der Waals surface area contributed by atoms with E-state index in [4.69, 9.17) is 4.74 Å². The zero-order valence-electron chi connectivity index (χ0n) is 18.5. The number of hydrogen-bond acceptors (Lipinski definition) is 5. The summed E-state index contributed by atoms with van der Waals surface area (Å²) in [4.78, 5) is 16.5. The van der Waals surface area contributed by atoms with E-state index in [1.807, 2.05) is 0 Å². The zero-order chi connectivity index (χ0) is 25.7. The maximum Gasteiger partial charge on any atom is 0.416 e. The van der Waals surface area contributed by atoms with Gasteiger partial charge in [0.2, 0.25) is 0 Å². The van der Waals surface area contributed by atoms with Crippen molar-refractivity contribution in [2.75, 3.05) is 5.32 Å². The van der Waals surface area contributed by atoms with Crippen LogP contribution in [0.4, 0.5) is 28.0 Å². The first-order valence-electron chi connectivity index (χ1n) is 10.5. The Labute approximate surface area is 207 Å². The van der Waals surface area contributed by atoms with Crippen molar-refractivity contribution in [3.05, 3.63) is 101 Å². The van der Waals surface area contributed by atoms with E-state index < -0.39 is 23.6 Å². The number of amides is 2. The van der Waals surface area contributed by atoms with Gasteiger partial charge >= 0.3 is 12.2 Å². The summed E-state index contributed by atoms with van der Waals surface area (Å²) in [6, 6.07) is 15.9. The number of aromatic nitrogens is 1. The van der Waals surface area contributed by atoms with Gasteiger partial charge in [0.05, 0.1) is 17.8 Å². The van der Waals surface area contributed by atoms with Gasteiger partial charge in [0.25, 0.3) is 0 Å². The molecule has 0 radical (unpaired) electrons. The number of nitrogens with zero attached hydrogens (tertiary/aromatic N) is 2. The van der Waals surface area contributed by atoms with Gasteiger partial charge in [-0.2, -0.15) is 13.2 Å². The highest BCUT2D eigenvalue weighted by molar-refractivity contribution is 7.13. The van der Waals surface area contributed by atoms with Crippen molar-refractivity contribution in [1.29, 1.82) is 0 Å². The average molecular weight is 518 g/mol. The van der Waals surface area contributed by atoms with E-state index in [2.05, 4.69) is 10.3 Å². The van der Waals surface area contributed by atoms with Crippen LogP contribution in [0.5, 0.6) is 5.75 Å². The van der Waals surface area contributed by atoms with Crippen LogP contribution in [0.3, 0.4) is 0 Å². The summed E-state index contributed by atoms with van der Waals surface area (Å²) in [6.07, 6.45) is -4.39. The summed E-state index contributed by atoms with van der Waals surface area (Å²) >= 11 is 1.30. The first kappa shape index (κ1) is 25.1. The number of carbonyl (C=O) groups is 1. The number of alkyl halides is 3. The Morgan fingerprint density at radius 1 is 1.00 bits per heavy atom. The highest BCUT2D eigenvalue weighted by atomic mass is 32.1. The molecule has 0 saturated heterocycles. The molecule has 0 aliphatic heterocycles. The highest BCUT2D eigenvalue weighted by Crippen LogP contribution is 2.32. The van der Waals surface area contributed by atoms with E-state index in [1.165, 1.54) is 47.7 Å². The van der Waals surface area contributed by atoms with Crippen LogP contribution in [0.2, 0.25) is 0 Å². The number of carbonyl (C=O) groups excluding carboxylic acids is 1. The maximum absolute atomic E-state index is 13.0. The number of rotatable bonds is 7. The number of benzene rings is 3. The molecule has 1 heterocycles. The van der Waals surface area contributed by atoms with Crippen molar-refractivity contribution in [2.45, 2.75) is 19.3 Å². The largest absolute Gasteiger partial charge is 0.487 e. The van der Waals surface area contributed by atoms with Gasteiger partial charge in [0.1, 0.15) is 23.2 Å². The smallest absolute Gasteiger partial charge is 0.416 e. The molecule has 0 aliphatic rings. The number of hydrogen-bond donors (Lipinski definition) is 2. The minimum atomic E-state index is -4.39. The predicted octanol–water partition coefficient (Wildman–Crippen LogP) is 6.97. The van der Waals surface area contributed by atoms with Crippen molar-refractivity contribution < 1.29 is 32.3 Å². The summed E-state index contributed by atoms with van der Waals surface area (Å²) in [5.74, 6) is 0.0913. The lowest BCUT2D eigenvalue weighted by Crippen LogP contribution is -2.31. The Balaban J connectivity index is 1.28. The molecule has 0 bridgehead atoms. The van der Waals surface area contributed by atoms with Gasteiger partial charge < -0.3 is 10.1 Å². The van der Waals surface area contributed by atoms with E-state index in [0.29, 0.717) is 38.3 Å². The van der Waals surface area contributed by atoms with Crippen LogP contribution in [0, 0.1) is 5.82 Å². The van der Waals surface area contributed by atoms with Crippen LogP contribution in [-0.4, -0.2) is 21.3 Å². The van der Waals surface area contributed by atoms with E-state index in [0.717, 1.165) is 12.1 Å². The molecule has 36 heavy (non-hydrogen) atoms. The summed E-state index contributed by atoms with van der Waals surface area (Å²) in [5, 5.41) is 15.3. The summed E-state index contributed by atoms with van der Waals surface area (Å²) in [6.45, 7) is 0.0680. The van der Waals surface area contributed by atoms with Gasteiger partial charge in [0, 0.05) is 16.6 Å². The molecule has 2 amide bonds. The molecular weight excluding hydrogens is 498 g/mol. The summed E-state index contributed by atoms with van der Waals surface area (Å²) in [5.41, 5.74) is 1.47. The first-order chi connectivity index (χ1) is 17.2. The molecule has 0 unspecified atom stereocenters.